The minimum atomic E-state index is -0.337. The van der Waals surface area contributed by atoms with E-state index in [9.17, 15) is 4.79 Å². The number of hydrogen-bond acceptors (Lipinski definition) is 4. The van der Waals surface area contributed by atoms with Crippen molar-refractivity contribution in [3.8, 4) is 11.4 Å². The van der Waals surface area contributed by atoms with Gasteiger partial charge in [0.2, 0.25) is 5.24 Å². The molecule has 0 saturated carbocycles. The topological polar surface area (TPSA) is 64.0 Å². The summed E-state index contributed by atoms with van der Waals surface area (Å²) in [5.74, 6) is 0.638. The zero-order valence-electron chi connectivity index (χ0n) is 10.5. The molecule has 3 aromatic heterocycles. The molecule has 0 aliphatic carbocycles. The molecule has 0 aromatic carbocycles. The third-order valence-electron chi connectivity index (χ3n) is 2.86. The van der Waals surface area contributed by atoms with Crippen LogP contribution in [-0.2, 0) is 11.3 Å². The van der Waals surface area contributed by atoms with Gasteiger partial charge in [0, 0.05) is 30.1 Å². The lowest BCUT2D eigenvalue weighted by Gasteiger charge is -1.95. The van der Waals surface area contributed by atoms with Gasteiger partial charge in [-0.25, -0.2) is 14.1 Å². The van der Waals surface area contributed by atoms with Crippen molar-refractivity contribution in [2.24, 2.45) is 0 Å². The van der Waals surface area contributed by atoms with Crippen LogP contribution in [0.15, 0.2) is 43.1 Å². The van der Waals surface area contributed by atoms with Crippen molar-refractivity contribution >= 4 is 22.5 Å². The van der Waals surface area contributed by atoms with Crippen LogP contribution in [0.2, 0.25) is 0 Å². The van der Waals surface area contributed by atoms with Crippen molar-refractivity contribution in [1.29, 1.82) is 0 Å². The molecule has 0 N–H and O–H groups in total. The minimum Gasteiger partial charge on any atom is -0.281 e. The molecule has 20 heavy (non-hydrogen) atoms. The summed E-state index contributed by atoms with van der Waals surface area (Å²) in [6.07, 6.45) is 9.13. The number of rotatable bonds is 4. The van der Waals surface area contributed by atoms with E-state index in [-0.39, 0.29) is 5.24 Å². The van der Waals surface area contributed by atoms with Gasteiger partial charge in [-0.1, -0.05) is 0 Å². The van der Waals surface area contributed by atoms with Crippen LogP contribution < -0.4 is 4.57 Å². The lowest BCUT2D eigenvalue weighted by molar-refractivity contribution is -0.695. The Morgan fingerprint density at radius 2 is 2.15 bits per heavy atom. The third-order valence-corrected chi connectivity index (χ3v) is 3.05. The molecule has 100 valence electrons. The molecule has 0 atom stereocenters. The van der Waals surface area contributed by atoms with Gasteiger partial charge in [-0.3, -0.25) is 9.78 Å². The summed E-state index contributed by atoms with van der Waals surface area (Å²) >= 11 is 5.32. The van der Waals surface area contributed by atoms with Crippen LogP contribution in [0, 0.1) is 0 Å². The number of fused-ring (bicyclic) bond motifs is 1. The number of pyridine rings is 1. The van der Waals surface area contributed by atoms with E-state index in [1.807, 2.05) is 29.1 Å². The molecule has 3 aromatic rings. The first-order valence-electron chi connectivity index (χ1n) is 6.06. The molecular formula is C13H11ClN5O+. The number of aryl methyl sites for hydroxylation is 1. The fraction of sp³-hybridized carbons (Fsp3) is 0.154. The summed E-state index contributed by atoms with van der Waals surface area (Å²) in [4.78, 5) is 19.1. The number of aromatic nitrogens is 5. The predicted molar refractivity (Wildman–Crippen MR) is 71.9 cm³/mol. The third kappa shape index (κ3) is 2.65. The normalized spacial score (nSPS) is 10.8. The molecule has 3 rings (SSSR count). The Kier molecular flexibility index (Phi) is 3.39. The van der Waals surface area contributed by atoms with E-state index < -0.39 is 0 Å². The van der Waals surface area contributed by atoms with Gasteiger partial charge in [0.05, 0.1) is 12.6 Å². The lowest BCUT2D eigenvalue weighted by atomic mass is 10.2. The molecule has 3 heterocycles. The van der Waals surface area contributed by atoms with Crippen LogP contribution >= 0.6 is 11.6 Å². The van der Waals surface area contributed by atoms with Crippen molar-refractivity contribution in [3.63, 3.8) is 0 Å². The van der Waals surface area contributed by atoms with Crippen LogP contribution in [0.5, 0.6) is 0 Å². The Bertz CT molecular complexity index is 720. The summed E-state index contributed by atoms with van der Waals surface area (Å²) < 4.78 is 3.57. The maximum Gasteiger partial charge on any atom is 0.227 e. The van der Waals surface area contributed by atoms with Gasteiger partial charge >= 0.3 is 0 Å². The summed E-state index contributed by atoms with van der Waals surface area (Å²) in [5.41, 5.74) is 1.61. The van der Waals surface area contributed by atoms with Crippen molar-refractivity contribution in [2.75, 3.05) is 0 Å². The smallest absolute Gasteiger partial charge is 0.227 e. The summed E-state index contributed by atoms with van der Waals surface area (Å²) in [5, 5.41) is 4.03. The minimum absolute atomic E-state index is 0.309. The predicted octanol–water partition coefficient (Wildman–Crippen LogP) is 1.23. The van der Waals surface area contributed by atoms with E-state index in [0.717, 1.165) is 5.56 Å². The van der Waals surface area contributed by atoms with Gasteiger partial charge in [-0.2, -0.15) is 0 Å². The molecule has 6 nitrogen and oxygen atoms in total. The van der Waals surface area contributed by atoms with E-state index in [1.165, 1.54) is 0 Å². The highest BCUT2D eigenvalue weighted by atomic mass is 35.5. The second-order valence-electron chi connectivity index (χ2n) is 4.24. The van der Waals surface area contributed by atoms with E-state index in [1.54, 1.807) is 23.1 Å². The Morgan fingerprint density at radius 3 is 2.85 bits per heavy atom. The Morgan fingerprint density at radius 1 is 1.35 bits per heavy atom. The Labute approximate surface area is 119 Å². The van der Waals surface area contributed by atoms with E-state index in [4.69, 9.17) is 11.6 Å². The molecule has 0 saturated heterocycles. The lowest BCUT2D eigenvalue weighted by Crippen LogP contribution is -2.33. The first kappa shape index (κ1) is 12.7. The maximum atomic E-state index is 10.7. The first-order chi connectivity index (χ1) is 9.72. The number of nitrogens with zero attached hydrogens (tertiary/aromatic N) is 5. The van der Waals surface area contributed by atoms with Crippen molar-refractivity contribution in [1.82, 2.24) is 19.6 Å². The summed E-state index contributed by atoms with van der Waals surface area (Å²) in [6, 6.07) is 3.81. The average Bonchev–Trinajstić information content (AvgIpc) is 2.89. The maximum absolute atomic E-state index is 10.7. The van der Waals surface area contributed by atoms with Crippen LogP contribution in [0.3, 0.4) is 0 Å². The number of halogens is 1. The highest BCUT2D eigenvalue weighted by molar-refractivity contribution is 6.63. The van der Waals surface area contributed by atoms with Gasteiger partial charge in [0.1, 0.15) is 0 Å². The van der Waals surface area contributed by atoms with E-state index >= 15 is 0 Å². The highest BCUT2D eigenvalue weighted by Gasteiger charge is 2.09. The van der Waals surface area contributed by atoms with Gasteiger partial charge < -0.3 is 0 Å². The van der Waals surface area contributed by atoms with Crippen molar-refractivity contribution in [2.45, 2.75) is 13.0 Å². The van der Waals surface area contributed by atoms with Crippen molar-refractivity contribution < 1.29 is 9.36 Å². The zero-order valence-corrected chi connectivity index (χ0v) is 11.2. The van der Waals surface area contributed by atoms with Crippen LogP contribution in [0.4, 0.5) is 0 Å². The molecule has 0 aliphatic rings. The molecule has 0 amide bonds. The number of carbonyl (C=O) groups excluding carboxylic acids is 1. The summed E-state index contributed by atoms with van der Waals surface area (Å²) in [6.45, 7) is 0.561. The molecule has 0 fully saturated rings. The molecule has 0 spiro atoms. The average molecular weight is 289 g/mol. The molecular weight excluding hydrogens is 278 g/mol. The summed E-state index contributed by atoms with van der Waals surface area (Å²) in [7, 11) is 0. The fourth-order valence-corrected chi connectivity index (χ4v) is 1.92. The van der Waals surface area contributed by atoms with Crippen LogP contribution in [0.25, 0.3) is 17.0 Å². The largest absolute Gasteiger partial charge is 0.281 e. The van der Waals surface area contributed by atoms with Gasteiger partial charge in [0.25, 0.3) is 0 Å². The zero-order chi connectivity index (χ0) is 13.9. The second-order valence-corrected chi connectivity index (χ2v) is 4.67. The van der Waals surface area contributed by atoms with Crippen LogP contribution in [0.1, 0.15) is 6.42 Å². The van der Waals surface area contributed by atoms with Crippen molar-refractivity contribution in [3.05, 3.63) is 43.1 Å². The van der Waals surface area contributed by atoms with Gasteiger partial charge in [-0.15, -0.1) is 5.10 Å². The molecule has 0 radical (unpaired) electrons. The van der Waals surface area contributed by atoms with Crippen LogP contribution in [-0.4, -0.2) is 24.8 Å². The Balaban J connectivity index is 1.85. The highest BCUT2D eigenvalue weighted by Crippen LogP contribution is 2.13. The second kappa shape index (κ2) is 5.34. The molecule has 0 bridgehead atoms. The standard InChI is InChI=1S/C13H11ClN5O/c14-11(20)3-7-18-5-1-10(2-6-18)13-16-12-9-15-4-8-19(12)17-13/h1-2,4-6,8-9H,3,7H2/q+1. The Hall–Kier alpha value is -2.34. The molecule has 7 heteroatoms. The molecule has 0 unspecified atom stereocenters. The number of carbonyl (C=O) groups is 1. The number of hydrogen-bond donors (Lipinski definition) is 0. The van der Waals surface area contributed by atoms with E-state index in [0.29, 0.717) is 24.4 Å². The van der Waals surface area contributed by atoms with Gasteiger partial charge in [0.15, 0.2) is 30.4 Å². The fourth-order valence-electron chi connectivity index (χ4n) is 1.84. The SMILES string of the molecule is O=C(Cl)CC[n+]1ccc(-c2nc3cnccn3n2)cc1. The first-order valence-corrected chi connectivity index (χ1v) is 6.44. The molecule has 0 aliphatic heterocycles. The quantitative estimate of drug-likeness (QED) is 0.535. The monoisotopic (exact) mass is 288 g/mol. The van der Waals surface area contributed by atoms with E-state index in [2.05, 4.69) is 15.1 Å². The van der Waals surface area contributed by atoms with Gasteiger partial charge in [-0.05, 0) is 11.6 Å².